The summed E-state index contributed by atoms with van der Waals surface area (Å²) in [5.41, 5.74) is 3.60. The predicted octanol–water partition coefficient (Wildman–Crippen LogP) is 5.80. The molecule has 3 aromatic rings. The number of carbonyl (C=O) groups excluding carboxylic acids is 2. The summed E-state index contributed by atoms with van der Waals surface area (Å²) in [5.74, 6) is -0.349. The molecule has 1 N–H and O–H groups in total. The van der Waals surface area contributed by atoms with Gasteiger partial charge in [0.1, 0.15) is 0 Å². The lowest BCUT2D eigenvalue weighted by Gasteiger charge is -2.07. The fourth-order valence-corrected chi connectivity index (χ4v) is 2.77. The number of hydrogen-bond acceptors (Lipinski definition) is 2. The van der Waals surface area contributed by atoms with E-state index < -0.39 is 0 Å². The van der Waals surface area contributed by atoms with E-state index in [2.05, 4.69) is 5.32 Å². The normalized spacial score (nSPS) is 10.7. The summed E-state index contributed by atoms with van der Waals surface area (Å²) in [6.07, 6.45) is 3.26. The van der Waals surface area contributed by atoms with Crippen LogP contribution in [0.3, 0.4) is 0 Å². The molecule has 27 heavy (non-hydrogen) atoms. The van der Waals surface area contributed by atoms with Crippen LogP contribution in [0.15, 0.2) is 78.9 Å². The molecule has 1 amide bonds. The second-order valence-electron chi connectivity index (χ2n) is 6.12. The van der Waals surface area contributed by atoms with Crippen molar-refractivity contribution in [2.75, 3.05) is 5.32 Å². The largest absolute Gasteiger partial charge is 0.322 e. The number of aryl methyl sites for hydroxylation is 1. The van der Waals surface area contributed by atoms with Gasteiger partial charge in [-0.1, -0.05) is 71.8 Å². The van der Waals surface area contributed by atoms with Crippen molar-refractivity contribution in [2.45, 2.75) is 6.92 Å². The van der Waals surface area contributed by atoms with Gasteiger partial charge in [-0.2, -0.15) is 0 Å². The molecule has 3 aromatic carbocycles. The van der Waals surface area contributed by atoms with Gasteiger partial charge >= 0.3 is 0 Å². The van der Waals surface area contributed by atoms with Gasteiger partial charge in [0.25, 0.3) is 5.91 Å². The lowest BCUT2D eigenvalue weighted by molar-refractivity contribution is 0.102. The average molecular weight is 376 g/mol. The molecule has 0 unspecified atom stereocenters. The summed E-state index contributed by atoms with van der Waals surface area (Å²) in [4.78, 5) is 24.6. The molecule has 0 saturated heterocycles. The Kier molecular flexibility index (Phi) is 5.84. The minimum Gasteiger partial charge on any atom is -0.322 e. The molecule has 0 aliphatic rings. The average Bonchev–Trinajstić information content (AvgIpc) is 2.67. The fraction of sp³-hybridized carbons (Fsp3) is 0.0435. The Hall–Kier alpha value is -3.17. The van der Waals surface area contributed by atoms with Gasteiger partial charge in [-0.3, -0.25) is 9.59 Å². The lowest BCUT2D eigenvalue weighted by Crippen LogP contribution is -2.12. The van der Waals surface area contributed by atoms with Gasteiger partial charge in [-0.25, -0.2) is 0 Å². The summed E-state index contributed by atoms with van der Waals surface area (Å²) in [6.45, 7) is 1.98. The van der Waals surface area contributed by atoms with Crippen LogP contribution >= 0.6 is 11.6 Å². The molecule has 0 radical (unpaired) electrons. The van der Waals surface area contributed by atoms with Crippen molar-refractivity contribution in [3.63, 3.8) is 0 Å². The molecular formula is C23H18ClNO2. The van der Waals surface area contributed by atoms with Crippen molar-refractivity contribution in [1.29, 1.82) is 0 Å². The first-order chi connectivity index (χ1) is 13.0. The van der Waals surface area contributed by atoms with E-state index in [0.29, 0.717) is 21.8 Å². The number of allylic oxidation sites excluding steroid dienone is 1. The summed E-state index contributed by atoms with van der Waals surface area (Å²) in [5, 5.41) is 3.22. The molecule has 0 spiro atoms. The molecule has 3 nitrogen and oxygen atoms in total. The third kappa shape index (κ3) is 4.93. The molecule has 0 fully saturated rings. The zero-order valence-electron chi connectivity index (χ0n) is 14.8. The van der Waals surface area contributed by atoms with Crippen LogP contribution in [0.4, 0.5) is 5.69 Å². The zero-order chi connectivity index (χ0) is 19.2. The van der Waals surface area contributed by atoms with Gasteiger partial charge in [0.05, 0.1) is 10.6 Å². The van der Waals surface area contributed by atoms with Crippen LogP contribution in [0.2, 0.25) is 5.02 Å². The Morgan fingerprint density at radius 3 is 2.41 bits per heavy atom. The van der Waals surface area contributed by atoms with Crippen molar-refractivity contribution in [3.8, 4) is 0 Å². The number of ketones is 1. The summed E-state index contributed by atoms with van der Waals surface area (Å²) in [6, 6.07) is 21.6. The third-order valence-corrected chi connectivity index (χ3v) is 4.36. The Morgan fingerprint density at radius 2 is 1.67 bits per heavy atom. The highest BCUT2D eigenvalue weighted by atomic mass is 35.5. The monoisotopic (exact) mass is 375 g/mol. The molecule has 0 saturated carbocycles. The molecule has 4 heteroatoms. The van der Waals surface area contributed by atoms with Crippen LogP contribution in [0.1, 0.15) is 31.8 Å². The predicted molar refractivity (Wildman–Crippen MR) is 110 cm³/mol. The van der Waals surface area contributed by atoms with E-state index in [0.717, 1.165) is 11.1 Å². The topological polar surface area (TPSA) is 46.2 Å². The highest BCUT2D eigenvalue weighted by molar-refractivity contribution is 6.34. The molecule has 0 aromatic heterocycles. The Balaban J connectivity index is 1.72. The van der Waals surface area contributed by atoms with E-state index in [1.807, 2.05) is 43.3 Å². The van der Waals surface area contributed by atoms with Crippen LogP contribution in [0, 0.1) is 6.92 Å². The number of amides is 1. The second kappa shape index (κ2) is 8.47. The smallest absolute Gasteiger partial charge is 0.257 e. The quantitative estimate of drug-likeness (QED) is 0.452. The minimum atomic E-state index is -0.280. The first-order valence-electron chi connectivity index (χ1n) is 8.48. The highest BCUT2D eigenvalue weighted by Gasteiger charge is 2.09. The number of carbonyl (C=O) groups is 2. The van der Waals surface area contributed by atoms with Crippen molar-refractivity contribution in [1.82, 2.24) is 0 Å². The zero-order valence-corrected chi connectivity index (χ0v) is 15.5. The third-order valence-electron chi connectivity index (χ3n) is 4.03. The standard InChI is InChI=1S/C23H18ClNO2/c1-16-9-12-18(13-10-16)22(26)14-11-17-5-4-6-19(15-17)25-23(27)20-7-2-3-8-21(20)24/h2-15H,1H3,(H,25,27)/b14-11+. The number of rotatable bonds is 5. The van der Waals surface area contributed by atoms with E-state index >= 15 is 0 Å². The van der Waals surface area contributed by atoms with Crippen LogP contribution in [0.5, 0.6) is 0 Å². The van der Waals surface area contributed by atoms with Gasteiger partial charge in [-0.05, 0) is 42.8 Å². The number of benzene rings is 3. The van der Waals surface area contributed by atoms with Gasteiger partial charge in [-0.15, -0.1) is 0 Å². The number of hydrogen-bond donors (Lipinski definition) is 1. The molecule has 0 heterocycles. The summed E-state index contributed by atoms with van der Waals surface area (Å²) >= 11 is 6.06. The first-order valence-corrected chi connectivity index (χ1v) is 8.86. The summed E-state index contributed by atoms with van der Waals surface area (Å²) < 4.78 is 0. The number of anilines is 1. The minimum absolute atomic E-state index is 0.0690. The van der Waals surface area contributed by atoms with E-state index in [1.54, 1.807) is 42.5 Å². The van der Waals surface area contributed by atoms with E-state index in [-0.39, 0.29) is 11.7 Å². The molecular weight excluding hydrogens is 358 g/mol. The van der Waals surface area contributed by atoms with Crippen LogP contribution < -0.4 is 5.32 Å². The maximum atomic E-state index is 12.4. The second-order valence-corrected chi connectivity index (χ2v) is 6.53. The number of nitrogens with one attached hydrogen (secondary N) is 1. The summed E-state index contributed by atoms with van der Waals surface area (Å²) in [7, 11) is 0. The fourth-order valence-electron chi connectivity index (χ4n) is 2.55. The van der Waals surface area contributed by atoms with E-state index in [9.17, 15) is 9.59 Å². The molecule has 0 aliphatic carbocycles. The van der Waals surface area contributed by atoms with Crippen molar-refractivity contribution >= 4 is 35.1 Å². The van der Waals surface area contributed by atoms with Crippen molar-refractivity contribution in [2.24, 2.45) is 0 Å². The Bertz CT molecular complexity index is 1010. The molecule has 0 aliphatic heterocycles. The number of halogens is 1. The van der Waals surface area contributed by atoms with Crippen LogP contribution in [-0.2, 0) is 0 Å². The highest BCUT2D eigenvalue weighted by Crippen LogP contribution is 2.18. The maximum absolute atomic E-state index is 12.4. The lowest BCUT2D eigenvalue weighted by atomic mass is 10.1. The van der Waals surface area contributed by atoms with Crippen molar-refractivity contribution in [3.05, 3.63) is 106 Å². The van der Waals surface area contributed by atoms with Crippen LogP contribution in [-0.4, -0.2) is 11.7 Å². The maximum Gasteiger partial charge on any atom is 0.257 e. The Labute approximate surface area is 163 Å². The van der Waals surface area contributed by atoms with Gasteiger partial charge < -0.3 is 5.32 Å². The van der Waals surface area contributed by atoms with Crippen LogP contribution in [0.25, 0.3) is 6.08 Å². The van der Waals surface area contributed by atoms with Gasteiger partial charge in [0.2, 0.25) is 0 Å². The molecule has 3 rings (SSSR count). The molecule has 134 valence electrons. The van der Waals surface area contributed by atoms with E-state index in [4.69, 9.17) is 11.6 Å². The molecule has 0 bridgehead atoms. The SMILES string of the molecule is Cc1ccc(C(=O)/C=C/c2cccc(NC(=O)c3ccccc3Cl)c2)cc1. The van der Waals surface area contributed by atoms with Gasteiger partial charge in [0, 0.05) is 11.3 Å². The first kappa shape index (κ1) is 18.6. The van der Waals surface area contributed by atoms with Gasteiger partial charge in [0.15, 0.2) is 5.78 Å². The molecule has 0 atom stereocenters. The van der Waals surface area contributed by atoms with Crippen molar-refractivity contribution < 1.29 is 9.59 Å². The Morgan fingerprint density at radius 1 is 0.926 bits per heavy atom. The van der Waals surface area contributed by atoms with E-state index in [1.165, 1.54) is 6.08 Å².